The van der Waals surface area contributed by atoms with Crippen LogP contribution in [0.3, 0.4) is 0 Å². The number of Topliss-reactive ketones (excluding diaryl/α,β-unsaturated/α-hetero) is 1. The van der Waals surface area contributed by atoms with Crippen molar-refractivity contribution in [3.05, 3.63) is 76.3 Å². The lowest BCUT2D eigenvalue weighted by Crippen LogP contribution is -2.25. The van der Waals surface area contributed by atoms with Crippen LogP contribution in [0, 0.1) is 6.92 Å². The molecule has 0 bridgehead atoms. The van der Waals surface area contributed by atoms with Crippen LogP contribution >= 0.6 is 0 Å². The number of para-hydroxylation sites is 1. The standard InChI is InChI=1S/C17H14N2O2/c1-12-6-2-3-7-13(12)16(20)10-19-11-18-15-9-5-4-8-14(15)17(19)21/h2-9,11H,10H2,1H3. The van der Waals surface area contributed by atoms with E-state index >= 15 is 0 Å². The van der Waals surface area contributed by atoms with Crippen molar-refractivity contribution in [2.24, 2.45) is 0 Å². The van der Waals surface area contributed by atoms with E-state index in [1.165, 1.54) is 10.9 Å². The highest BCUT2D eigenvalue weighted by molar-refractivity contribution is 5.97. The summed E-state index contributed by atoms with van der Waals surface area (Å²) >= 11 is 0. The zero-order valence-corrected chi connectivity index (χ0v) is 11.6. The van der Waals surface area contributed by atoms with E-state index in [4.69, 9.17) is 0 Å². The van der Waals surface area contributed by atoms with Crippen LogP contribution in [0.15, 0.2) is 59.7 Å². The van der Waals surface area contributed by atoms with Crippen LogP contribution in [-0.2, 0) is 6.54 Å². The maximum absolute atomic E-state index is 12.4. The molecule has 0 aliphatic carbocycles. The summed E-state index contributed by atoms with van der Waals surface area (Å²) in [5.41, 5.74) is 1.99. The van der Waals surface area contributed by atoms with E-state index in [1.807, 2.05) is 31.2 Å². The highest BCUT2D eigenvalue weighted by Crippen LogP contribution is 2.09. The molecule has 0 N–H and O–H groups in total. The first kappa shape index (κ1) is 13.2. The van der Waals surface area contributed by atoms with Crippen LogP contribution in [0.5, 0.6) is 0 Å². The van der Waals surface area contributed by atoms with Gasteiger partial charge in [0.1, 0.15) is 0 Å². The van der Waals surface area contributed by atoms with Crippen molar-refractivity contribution in [2.45, 2.75) is 13.5 Å². The maximum atomic E-state index is 12.4. The summed E-state index contributed by atoms with van der Waals surface area (Å²) in [4.78, 5) is 28.9. The first-order valence-electron chi connectivity index (χ1n) is 6.70. The average Bonchev–Trinajstić information content (AvgIpc) is 2.51. The SMILES string of the molecule is Cc1ccccc1C(=O)Cn1cnc2ccccc2c1=O. The van der Waals surface area contributed by atoms with Gasteiger partial charge < -0.3 is 0 Å². The fourth-order valence-electron chi connectivity index (χ4n) is 2.34. The van der Waals surface area contributed by atoms with Crippen molar-refractivity contribution < 1.29 is 4.79 Å². The number of fused-ring (bicyclic) bond motifs is 1. The van der Waals surface area contributed by atoms with Crippen LogP contribution in [-0.4, -0.2) is 15.3 Å². The van der Waals surface area contributed by atoms with Crippen LogP contribution < -0.4 is 5.56 Å². The van der Waals surface area contributed by atoms with Crippen molar-refractivity contribution in [3.8, 4) is 0 Å². The molecule has 1 heterocycles. The summed E-state index contributed by atoms with van der Waals surface area (Å²) in [5.74, 6) is -0.0905. The van der Waals surface area contributed by atoms with Gasteiger partial charge in [-0.15, -0.1) is 0 Å². The largest absolute Gasteiger partial charge is 0.292 e. The Bertz CT molecular complexity index is 881. The number of carbonyl (C=O) groups is 1. The minimum atomic E-state index is -0.192. The summed E-state index contributed by atoms with van der Waals surface area (Å²) < 4.78 is 1.36. The van der Waals surface area contributed by atoms with E-state index in [-0.39, 0.29) is 17.9 Å². The number of benzene rings is 2. The molecule has 0 spiro atoms. The molecule has 4 heteroatoms. The molecule has 21 heavy (non-hydrogen) atoms. The number of ketones is 1. The minimum absolute atomic E-state index is 0.00151. The van der Waals surface area contributed by atoms with E-state index in [1.54, 1.807) is 24.3 Å². The van der Waals surface area contributed by atoms with Crippen molar-refractivity contribution in [3.63, 3.8) is 0 Å². The number of hydrogen-bond acceptors (Lipinski definition) is 3. The quantitative estimate of drug-likeness (QED) is 0.692. The Balaban J connectivity index is 1.99. The fourth-order valence-corrected chi connectivity index (χ4v) is 2.34. The molecule has 4 nitrogen and oxygen atoms in total. The van der Waals surface area contributed by atoms with Crippen molar-refractivity contribution >= 4 is 16.7 Å². The number of aryl methyl sites for hydroxylation is 1. The van der Waals surface area contributed by atoms with Crippen molar-refractivity contribution in [2.75, 3.05) is 0 Å². The first-order chi connectivity index (χ1) is 10.2. The number of hydrogen-bond donors (Lipinski definition) is 0. The second kappa shape index (κ2) is 5.32. The van der Waals surface area contributed by atoms with E-state index in [9.17, 15) is 9.59 Å². The monoisotopic (exact) mass is 278 g/mol. The van der Waals surface area contributed by atoms with Gasteiger partial charge >= 0.3 is 0 Å². The van der Waals surface area contributed by atoms with Gasteiger partial charge in [-0.1, -0.05) is 36.4 Å². The van der Waals surface area contributed by atoms with E-state index < -0.39 is 0 Å². The van der Waals surface area contributed by atoms with Crippen LogP contribution in [0.25, 0.3) is 10.9 Å². The summed E-state index contributed by atoms with van der Waals surface area (Å²) in [7, 11) is 0. The molecule has 3 rings (SSSR count). The van der Waals surface area contributed by atoms with Crippen molar-refractivity contribution in [1.82, 2.24) is 9.55 Å². The zero-order valence-electron chi connectivity index (χ0n) is 11.6. The molecule has 0 saturated carbocycles. The number of carbonyl (C=O) groups excluding carboxylic acids is 1. The molecule has 0 atom stereocenters. The van der Waals surface area contributed by atoms with Gasteiger partial charge in [0.2, 0.25) is 0 Å². The second-order valence-corrected chi connectivity index (χ2v) is 4.93. The van der Waals surface area contributed by atoms with Gasteiger partial charge in [-0.2, -0.15) is 0 Å². The van der Waals surface area contributed by atoms with Crippen LogP contribution in [0.4, 0.5) is 0 Å². The highest BCUT2D eigenvalue weighted by atomic mass is 16.1. The fraction of sp³-hybridized carbons (Fsp3) is 0.118. The third-order valence-corrected chi connectivity index (χ3v) is 3.49. The molecule has 0 aliphatic heterocycles. The summed E-state index contributed by atoms with van der Waals surface area (Å²) in [5, 5.41) is 0.526. The summed E-state index contributed by atoms with van der Waals surface area (Å²) in [6.45, 7) is 1.89. The number of nitrogens with zero attached hydrogens (tertiary/aromatic N) is 2. The molecule has 0 saturated heterocycles. The van der Waals surface area contributed by atoms with Gasteiger partial charge in [-0.05, 0) is 24.6 Å². The Kier molecular flexibility index (Phi) is 3.36. The predicted molar refractivity (Wildman–Crippen MR) is 81.5 cm³/mol. The number of aromatic nitrogens is 2. The van der Waals surface area contributed by atoms with Gasteiger partial charge in [0.15, 0.2) is 5.78 Å². The van der Waals surface area contributed by atoms with E-state index in [0.29, 0.717) is 16.5 Å². The third-order valence-electron chi connectivity index (χ3n) is 3.49. The molecule has 0 unspecified atom stereocenters. The topological polar surface area (TPSA) is 52.0 Å². The van der Waals surface area contributed by atoms with Crippen molar-refractivity contribution in [1.29, 1.82) is 0 Å². The third kappa shape index (κ3) is 2.48. The Morgan fingerprint density at radius 1 is 1.10 bits per heavy atom. The van der Waals surface area contributed by atoms with Gasteiger partial charge in [-0.3, -0.25) is 14.2 Å². The molecule has 104 valence electrons. The molecule has 0 aliphatic rings. The van der Waals surface area contributed by atoms with Gasteiger partial charge in [-0.25, -0.2) is 4.98 Å². The molecule has 0 amide bonds. The molecule has 2 aromatic carbocycles. The first-order valence-corrected chi connectivity index (χ1v) is 6.70. The lowest BCUT2D eigenvalue weighted by atomic mass is 10.1. The summed E-state index contributed by atoms with van der Waals surface area (Å²) in [6, 6.07) is 14.5. The maximum Gasteiger partial charge on any atom is 0.261 e. The lowest BCUT2D eigenvalue weighted by molar-refractivity contribution is 0.0970. The Morgan fingerprint density at radius 2 is 1.81 bits per heavy atom. The second-order valence-electron chi connectivity index (χ2n) is 4.93. The molecule has 3 aromatic rings. The van der Waals surface area contributed by atoms with Gasteiger partial charge in [0, 0.05) is 5.56 Å². The molecule has 0 fully saturated rings. The van der Waals surface area contributed by atoms with Crippen LogP contribution in [0.2, 0.25) is 0 Å². The van der Waals surface area contributed by atoms with Gasteiger partial charge in [0.05, 0.1) is 23.8 Å². The van der Waals surface area contributed by atoms with E-state index in [0.717, 1.165) is 5.56 Å². The molecular weight excluding hydrogens is 264 g/mol. The lowest BCUT2D eigenvalue weighted by Gasteiger charge is -2.07. The van der Waals surface area contributed by atoms with E-state index in [2.05, 4.69) is 4.98 Å². The average molecular weight is 278 g/mol. The van der Waals surface area contributed by atoms with Crippen LogP contribution in [0.1, 0.15) is 15.9 Å². The minimum Gasteiger partial charge on any atom is -0.292 e. The summed E-state index contributed by atoms with van der Waals surface area (Å²) in [6.07, 6.45) is 1.43. The normalized spacial score (nSPS) is 10.7. The Hall–Kier alpha value is -2.75. The Labute approximate surface area is 121 Å². The molecular formula is C17H14N2O2. The zero-order chi connectivity index (χ0) is 14.8. The number of rotatable bonds is 3. The smallest absolute Gasteiger partial charge is 0.261 e. The highest BCUT2D eigenvalue weighted by Gasteiger charge is 2.11. The molecule has 0 radical (unpaired) electrons. The Morgan fingerprint density at radius 3 is 2.62 bits per heavy atom. The molecule has 1 aromatic heterocycles. The predicted octanol–water partition coefficient (Wildman–Crippen LogP) is 2.59. The van der Waals surface area contributed by atoms with Gasteiger partial charge in [0.25, 0.3) is 5.56 Å².